The molecule has 0 radical (unpaired) electrons. The number of aromatic nitrogens is 2. The van der Waals surface area contributed by atoms with Gasteiger partial charge in [0.2, 0.25) is 5.56 Å². The molecule has 0 fully saturated rings. The maximum absolute atomic E-state index is 13.5. The number of fused-ring (bicyclic) bond motifs is 2. The van der Waals surface area contributed by atoms with Crippen LogP contribution in [-0.4, -0.2) is 9.97 Å². The van der Waals surface area contributed by atoms with Crippen molar-refractivity contribution in [2.75, 3.05) is 5.73 Å². The second-order valence-electron chi connectivity index (χ2n) is 11.1. The summed E-state index contributed by atoms with van der Waals surface area (Å²) >= 11 is 1.29. The molecule has 3 N–H and O–H groups in total. The molecule has 0 aliphatic rings. The summed E-state index contributed by atoms with van der Waals surface area (Å²) in [6.07, 6.45) is -4.45. The number of pyridine rings is 1. The van der Waals surface area contributed by atoms with Crippen LogP contribution in [0.25, 0.3) is 54.5 Å². The summed E-state index contributed by atoms with van der Waals surface area (Å²) in [6, 6.07) is 24.5. The van der Waals surface area contributed by atoms with Gasteiger partial charge in [0.05, 0.1) is 15.8 Å². The first-order valence-corrected chi connectivity index (χ1v) is 13.9. The molecule has 41 heavy (non-hydrogen) atoms. The number of hydrogen-bond donors (Lipinski definition) is 2. The second-order valence-corrected chi connectivity index (χ2v) is 12.1. The van der Waals surface area contributed by atoms with E-state index in [1.54, 1.807) is 6.07 Å². The normalized spacial score (nSPS) is 12.3. The lowest BCUT2D eigenvalue weighted by atomic mass is 9.84. The fourth-order valence-corrected chi connectivity index (χ4v) is 6.05. The molecule has 0 saturated heterocycles. The number of aromatic amines is 1. The monoisotopic (exact) mass is 569 g/mol. The van der Waals surface area contributed by atoms with E-state index in [2.05, 4.69) is 55.0 Å². The van der Waals surface area contributed by atoms with Gasteiger partial charge in [0, 0.05) is 17.1 Å². The first-order chi connectivity index (χ1) is 19.4. The summed E-state index contributed by atoms with van der Waals surface area (Å²) in [5.74, 6) is 0. The average Bonchev–Trinajstić information content (AvgIpc) is 3.30. The third-order valence-corrected chi connectivity index (χ3v) is 8.19. The Hall–Kier alpha value is -4.43. The van der Waals surface area contributed by atoms with Crippen LogP contribution in [0.1, 0.15) is 31.9 Å². The fraction of sp³-hybridized carbons (Fsp3) is 0.152. The van der Waals surface area contributed by atoms with Crippen molar-refractivity contribution in [1.29, 1.82) is 0 Å². The number of thiazole rings is 1. The maximum Gasteiger partial charge on any atom is 0.416 e. The predicted octanol–water partition coefficient (Wildman–Crippen LogP) is 9.04. The molecule has 2 heterocycles. The smallest absolute Gasteiger partial charge is 0.375 e. The van der Waals surface area contributed by atoms with Crippen LogP contribution in [0, 0.1) is 0 Å². The van der Waals surface area contributed by atoms with Gasteiger partial charge in [0.1, 0.15) is 0 Å². The van der Waals surface area contributed by atoms with E-state index in [0.717, 1.165) is 50.0 Å². The second kappa shape index (κ2) is 9.59. The molecule has 0 aliphatic heterocycles. The van der Waals surface area contributed by atoms with E-state index >= 15 is 0 Å². The van der Waals surface area contributed by atoms with Gasteiger partial charge in [-0.05, 0) is 74.5 Å². The minimum absolute atomic E-state index is 0.0374. The summed E-state index contributed by atoms with van der Waals surface area (Å²) < 4.78 is 41.1. The van der Waals surface area contributed by atoms with Gasteiger partial charge >= 0.3 is 6.18 Å². The molecule has 2 aromatic heterocycles. The van der Waals surface area contributed by atoms with Crippen LogP contribution in [0.4, 0.5) is 18.3 Å². The minimum atomic E-state index is -4.45. The van der Waals surface area contributed by atoms with Crippen LogP contribution in [-0.2, 0) is 11.6 Å². The largest absolute Gasteiger partial charge is 0.416 e. The van der Waals surface area contributed by atoms with Gasteiger partial charge < -0.3 is 10.7 Å². The lowest BCUT2D eigenvalue weighted by Gasteiger charge is -2.21. The molecule has 0 spiro atoms. The molecule has 4 aromatic carbocycles. The Balaban J connectivity index is 1.70. The van der Waals surface area contributed by atoms with E-state index in [0.29, 0.717) is 21.7 Å². The van der Waals surface area contributed by atoms with Gasteiger partial charge in [-0.15, -0.1) is 0 Å². The van der Waals surface area contributed by atoms with E-state index in [9.17, 15) is 18.0 Å². The van der Waals surface area contributed by atoms with Gasteiger partial charge in [-0.25, -0.2) is 4.98 Å². The fourth-order valence-electron chi connectivity index (χ4n) is 5.17. The van der Waals surface area contributed by atoms with Crippen molar-refractivity contribution < 1.29 is 13.2 Å². The van der Waals surface area contributed by atoms with Crippen LogP contribution in [0.5, 0.6) is 0 Å². The first-order valence-electron chi connectivity index (χ1n) is 13.0. The average molecular weight is 570 g/mol. The standard InChI is InChI=1S/C33H26F3N3OS/c1-32(2,3)22-11-6-18(7-12-22)24-17-26-30(41-31(37)39-26)29(20-8-13-23(14-9-20)33(34,35)36)28(24)21-5-4-19-10-15-27(40)38-25(19)16-21/h4-17H,1-3H3,(H2,37,39)(H,38,40). The molecule has 0 bridgehead atoms. The molecule has 0 amide bonds. The third kappa shape index (κ3) is 5.00. The summed E-state index contributed by atoms with van der Waals surface area (Å²) in [4.78, 5) is 19.6. The van der Waals surface area contributed by atoms with Crippen molar-refractivity contribution in [2.45, 2.75) is 32.4 Å². The topological polar surface area (TPSA) is 71.8 Å². The minimum Gasteiger partial charge on any atom is -0.375 e. The molecule has 0 saturated carbocycles. The van der Waals surface area contributed by atoms with Gasteiger partial charge in [0.15, 0.2) is 5.13 Å². The SMILES string of the molecule is CC(C)(C)c1ccc(-c2cc3nc(N)sc3c(-c3ccc(C(F)(F)F)cc3)c2-c2ccc3ccc(=O)[nH]c3c2)cc1. The van der Waals surface area contributed by atoms with Crippen LogP contribution >= 0.6 is 11.3 Å². The Kier molecular flexibility index (Phi) is 6.26. The highest BCUT2D eigenvalue weighted by Gasteiger charge is 2.30. The zero-order valence-electron chi connectivity index (χ0n) is 22.6. The van der Waals surface area contributed by atoms with E-state index < -0.39 is 11.7 Å². The molecule has 6 rings (SSSR count). The van der Waals surface area contributed by atoms with Gasteiger partial charge in [-0.1, -0.05) is 80.6 Å². The molecule has 8 heteroatoms. The van der Waals surface area contributed by atoms with Crippen molar-refractivity contribution in [3.8, 4) is 33.4 Å². The van der Waals surface area contributed by atoms with Gasteiger partial charge in [-0.3, -0.25) is 4.79 Å². The van der Waals surface area contributed by atoms with Gasteiger partial charge in [-0.2, -0.15) is 13.2 Å². The number of halogens is 3. The van der Waals surface area contributed by atoms with Crippen LogP contribution in [0.3, 0.4) is 0 Å². The molecule has 206 valence electrons. The Morgan fingerprint density at radius 1 is 0.756 bits per heavy atom. The van der Waals surface area contributed by atoms with E-state index in [4.69, 9.17) is 5.73 Å². The molecular formula is C33H26F3N3OS. The number of anilines is 1. The summed E-state index contributed by atoms with van der Waals surface area (Å²) in [6.45, 7) is 6.45. The van der Waals surface area contributed by atoms with Gasteiger partial charge in [0.25, 0.3) is 0 Å². The highest BCUT2D eigenvalue weighted by molar-refractivity contribution is 7.22. The number of alkyl halides is 3. The number of nitrogen functional groups attached to an aromatic ring is 1. The zero-order chi connectivity index (χ0) is 29.1. The Morgan fingerprint density at radius 2 is 1.37 bits per heavy atom. The van der Waals surface area contributed by atoms with E-state index in [1.165, 1.54) is 35.1 Å². The lowest BCUT2D eigenvalue weighted by molar-refractivity contribution is -0.137. The molecule has 0 aliphatic carbocycles. The lowest BCUT2D eigenvalue weighted by Crippen LogP contribution is -2.10. The van der Waals surface area contributed by atoms with Crippen molar-refractivity contribution in [2.24, 2.45) is 0 Å². The number of nitrogens with one attached hydrogen (secondary N) is 1. The van der Waals surface area contributed by atoms with E-state index in [1.807, 2.05) is 24.3 Å². The molecule has 0 atom stereocenters. The summed E-state index contributed by atoms with van der Waals surface area (Å²) in [7, 11) is 0. The molecular weight excluding hydrogens is 543 g/mol. The van der Waals surface area contributed by atoms with Crippen molar-refractivity contribution in [1.82, 2.24) is 9.97 Å². The molecule has 6 aromatic rings. The number of nitrogens with zero attached hydrogens (tertiary/aromatic N) is 1. The quantitative estimate of drug-likeness (QED) is 0.223. The van der Waals surface area contributed by atoms with Crippen LogP contribution < -0.4 is 11.3 Å². The number of nitrogens with two attached hydrogens (primary N) is 1. The molecule has 0 unspecified atom stereocenters. The maximum atomic E-state index is 13.5. The summed E-state index contributed by atoms with van der Waals surface area (Å²) in [5.41, 5.74) is 12.4. The number of rotatable bonds is 3. The van der Waals surface area contributed by atoms with Crippen LogP contribution in [0.15, 0.2) is 89.7 Å². The number of benzene rings is 4. The third-order valence-electron chi connectivity index (χ3n) is 7.27. The first kappa shape index (κ1) is 26.8. The van der Waals surface area contributed by atoms with E-state index in [-0.39, 0.29) is 11.0 Å². The summed E-state index contributed by atoms with van der Waals surface area (Å²) in [5, 5.41) is 1.23. The Morgan fingerprint density at radius 3 is 2.02 bits per heavy atom. The number of hydrogen-bond acceptors (Lipinski definition) is 4. The highest BCUT2D eigenvalue weighted by atomic mass is 32.1. The van der Waals surface area contributed by atoms with Crippen molar-refractivity contribution in [3.05, 3.63) is 106 Å². The Labute approximate surface area is 238 Å². The number of H-pyrrole nitrogens is 1. The zero-order valence-corrected chi connectivity index (χ0v) is 23.4. The molecule has 4 nitrogen and oxygen atoms in total. The Bertz CT molecular complexity index is 1980. The van der Waals surface area contributed by atoms with Crippen LogP contribution in [0.2, 0.25) is 0 Å². The highest BCUT2D eigenvalue weighted by Crippen LogP contribution is 2.47. The van der Waals surface area contributed by atoms with Crippen molar-refractivity contribution >= 4 is 37.6 Å². The van der Waals surface area contributed by atoms with Crippen molar-refractivity contribution in [3.63, 3.8) is 0 Å². The predicted molar refractivity (Wildman–Crippen MR) is 162 cm³/mol.